The monoisotopic (exact) mass is 288 g/mol. The van der Waals surface area contributed by atoms with E-state index in [1.807, 2.05) is 4.90 Å². The summed E-state index contributed by atoms with van der Waals surface area (Å²) in [6.45, 7) is 1.00. The van der Waals surface area contributed by atoms with E-state index in [2.05, 4.69) is 0 Å². The van der Waals surface area contributed by atoms with Crippen LogP contribution in [0.5, 0.6) is 0 Å². The Kier molecular flexibility index (Phi) is 4.84. The highest BCUT2D eigenvalue weighted by Gasteiger charge is 2.37. The molecular weight excluding hydrogens is 264 g/mol. The zero-order valence-corrected chi connectivity index (χ0v) is 12.2. The number of hydrogen-bond acceptors (Lipinski definition) is 4. The number of carbonyl (C=O) groups is 1. The smallest absolute Gasteiger partial charge is 0.227 e. The Hall–Kier alpha value is -0.620. The van der Waals surface area contributed by atoms with Crippen LogP contribution in [0.2, 0.25) is 0 Å². The van der Waals surface area contributed by atoms with Crippen LogP contribution in [0.1, 0.15) is 38.5 Å². The van der Waals surface area contributed by atoms with Gasteiger partial charge in [-0.15, -0.1) is 0 Å². The molecule has 0 aromatic heterocycles. The maximum Gasteiger partial charge on any atom is 0.227 e. The summed E-state index contributed by atoms with van der Waals surface area (Å²) in [6, 6.07) is 0.271. The van der Waals surface area contributed by atoms with Gasteiger partial charge in [-0.05, 0) is 19.3 Å². The minimum Gasteiger partial charge on any atom is -0.338 e. The van der Waals surface area contributed by atoms with E-state index in [0.29, 0.717) is 19.5 Å². The molecule has 0 aromatic carbocycles. The van der Waals surface area contributed by atoms with Gasteiger partial charge in [0.05, 0.1) is 17.4 Å². The Morgan fingerprint density at radius 1 is 1.16 bits per heavy atom. The molecule has 0 spiro atoms. The van der Waals surface area contributed by atoms with Crippen molar-refractivity contribution >= 4 is 15.7 Å². The number of amides is 1. The summed E-state index contributed by atoms with van der Waals surface area (Å²) < 4.78 is 23.0. The zero-order valence-electron chi connectivity index (χ0n) is 11.4. The first-order valence-electron chi connectivity index (χ1n) is 7.24. The molecule has 0 bridgehead atoms. The molecule has 1 saturated carbocycles. The molecule has 6 heteroatoms. The molecule has 0 aromatic rings. The normalized spacial score (nSPS) is 27.3. The summed E-state index contributed by atoms with van der Waals surface area (Å²) >= 11 is 0. The molecule has 19 heavy (non-hydrogen) atoms. The second-order valence-corrected chi connectivity index (χ2v) is 7.94. The van der Waals surface area contributed by atoms with Crippen molar-refractivity contribution in [3.63, 3.8) is 0 Å². The van der Waals surface area contributed by atoms with E-state index in [9.17, 15) is 13.2 Å². The predicted molar refractivity (Wildman–Crippen MR) is 74.4 cm³/mol. The number of nitrogens with two attached hydrogens (primary N) is 1. The van der Waals surface area contributed by atoms with Crippen LogP contribution in [-0.4, -0.2) is 49.9 Å². The third-order valence-corrected chi connectivity index (χ3v) is 6.02. The van der Waals surface area contributed by atoms with E-state index < -0.39 is 9.84 Å². The molecule has 2 N–H and O–H groups in total. The Bertz CT molecular complexity index is 416. The van der Waals surface area contributed by atoms with Crippen molar-refractivity contribution < 1.29 is 13.2 Å². The summed E-state index contributed by atoms with van der Waals surface area (Å²) in [4.78, 5) is 14.4. The summed E-state index contributed by atoms with van der Waals surface area (Å²) in [5.41, 5.74) is 5.61. The van der Waals surface area contributed by atoms with E-state index >= 15 is 0 Å². The van der Waals surface area contributed by atoms with Crippen LogP contribution in [-0.2, 0) is 14.6 Å². The summed E-state index contributed by atoms with van der Waals surface area (Å²) in [5.74, 6) is -0.138. The molecule has 1 heterocycles. The lowest BCUT2D eigenvalue weighted by Gasteiger charge is -2.35. The molecule has 2 rings (SSSR count). The molecule has 1 amide bonds. The molecule has 1 aliphatic carbocycles. The first-order chi connectivity index (χ1) is 9.03. The Balaban J connectivity index is 2.03. The van der Waals surface area contributed by atoms with Crippen molar-refractivity contribution in [3.05, 3.63) is 0 Å². The van der Waals surface area contributed by atoms with E-state index in [1.54, 1.807) is 0 Å². The molecule has 110 valence electrons. The highest BCUT2D eigenvalue weighted by atomic mass is 32.2. The fourth-order valence-corrected chi connectivity index (χ4v) is 4.96. The molecule has 1 aliphatic heterocycles. The Labute approximate surface area is 115 Å². The maximum absolute atomic E-state index is 12.5. The van der Waals surface area contributed by atoms with Gasteiger partial charge in [-0.2, -0.15) is 0 Å². The number of sulfone groups is 1. The van der Waals surface area contributed by atoms with E-state index in [1.165, 1.54) is 6.42 Å². The second kappa shape index (κ2) is 6.22. The van der Waals surface area contributed by atoms with Gasteiger partial charge in [0, 0.05) is 19.1 Å². The fraction of sp³-hybridized carbons (Fsp3) is 0.923. The lowest BCUT2D eigenvalue weighted by atomic mass is 9.93. The lowest BCUT2D eigenvalue weighted by molar-refractivity contribution is -0.137. The summed E-state index contributed by atoms with van der Waals surface area (Å²) in [6.07, 6.45) is 6.09. The van der Waals surface area contributed by atoms with Gasteiger partial charge in [0.15, 0.2) is 9.84 Å². The van der Waals surface area contributed by atoms with E-state index in [-0.39, 0.29) is 29.4 Å². The standard InChI is InChI=1S/C13H24N2O3S/c14-7-8-15(12-4-2-1-3-5-12)13(16)11-6-9-19(17,18)10-11/h11-12H,1-10,14H2. The number of rotatable bonds is 4. The van der Waals surface area contributed by atoms with Crippen LogP contribution in [0.25, 0.3) is 0 Å². The molecule has 2 fully saturated rings. The van der Waals surface area contributed by atoms with Crippen LogP contribution >= 0.6 is 0 Å². The van der Waals surface area contributed by atoms with Crippen molar-refractivity contribution in [2.24, 2.45) is 11.7 Å². The molecule has 0 radical (unpaired) electrons. The van der Waals surface area contributed by atoms with Crippen LogP contribution < -0.4 is 5.73 Å². The first kappa shape index (κ1) is 14.8. The van der Waals surface area contributed by atoms with Gasteiger partial charge in [0.1, 0.15) is 0 Å². The Morgan fingerprint density at radius 2 is 1.84 bits per heavy atom. The van der Waals surface area contributed by atoms with Crippen molar-refractivity contribution in [2.45, 2.75) is 44.6 Å². The third-order valence-electron chi connectivity index (χ3n) is 4.25. The fourth-order valence-electron chi connectivity index (χ4n) is 3.23. The predicted octanol–water partition coefficient (Wildman–Crippen LogP) is 0.541. The van der Waals surface area contributed by atoms with Crippen LogP contribution in [0.3, 0.4) is 0 Å². The van der Waals surface area contributed by atoms with Crippen LogP contribution in [0, 0.1) is 5.92 Å². The highest BCUT2D eigenvalue weighted by Crippen LogP contribution is 2.27. The summed E-state index contributed by atoms with van der Waals surface area (Å²) in [5, 5.41) is 0. The molecule has 1 unspecified atom stereocenters. The molecule has 1 atom stereocenters. The van der Waals surface area contributed by atoms with Crippen LogP contribution in [0.15, 0.2) is 0 Å². The van der Waals surface area contributed by atoms with Gasteiger partial charge in [-0.1, -0.05) is 19.3 Å². The quantitative estimate of drug-likeness (QED) is 0.819. The first-order valence-corrected chi connectivity index (χ1v) is 9.06. The van der Waals surface area contributed by atoms with Gasteiger partial charge >= 0.3 is 0 Å². The topological polar surface area (TPSA) is 80.5 Å². The van der Waals surface area contributed by atoms with Crippen molar-refractivity contribution in [1.82, 2.24) is 4.90 Å². The van der Waals surface area contributed by atoms with Gasteiger partial charge in [0.2, 0.25) is 5.91 Å². The average Bonchev–Trinajstić information content (AvgIpc) is 2.77. The van der Waals surface area contributed by atoms with Gasteiger partial charge in [0.25, 0.3) is 0 Å². The van der Waals surface area contributed by atoms with E-state index in [4.69, 9.17) is 5.73 Å². The zero-order chi connectivity index (χ0) is 13.9. The highest BCUT2D eigenvalue weighted by molar-refractivity contribution is 7.91. The maximum atomic E-state index is 12.5. The van der Waals surface area contributed by atoms with Crippen molar-refractivity contribution in [3.8, 4) is 0 Å². The van der Waals surface area contributed by atoms with Gasteiger partial charge in [-0.25, -0.2) is 8.42 Å². The molecular formula is C13H24N2O3S. The summed E-state index contributed by atoms with van der Waals surface area (Å²) in [7, 11) is -3.00. The third kappa shape index (κ3) is 3.69. The van der Waals surface area contributed by atoms with Gasteiger partial charge in [-0.3, -0.25) is 4.79 Å². The number of hydrogen-bond donors (Lipinski definition) is 1. The van der Waals surface area contributed by atoms with Crippen LogP contribution in [0.4, 0.5) is 0 Å². The lowest BCUT2D eigenvalue weighted by Crippen LogP contribution is -2.47. The minimum atomic E-state index is -3.00. The Morgan fingerprint density at radius 3 is 2.37 bits per heavy atom. The van der Waals surface area contributed by atoms with Gasteiger partial charge < -0.3 is 10.6 Å². The SMILES string of the molecule is NCCN(C(=O)C1CCS(=O)(=O)C1)C1CCCCC1. The number of nitrogens with zero attached hydrogens (tertiary/aromatic N) is 1. The van der Waals surface area contributed by atoms with Crippen molar-refractivity contribution in [2.75, 3.05) is 24.6 Å². The molecule has 1 saturated heterocycles. The van der Waals surface area contributed by atoms with E-state index in [0.717, 1.165) is 25.7 Å². The van der Waals surface area contributed by atoms with Crippen molar-refractivity contribution in [1.29, 1.82) is 0 Å². The average molecular weight is 288 g/mol. The molecule has 2 aliphatic rings. The minimum absolute atomic E-state index is 0.0124. The number of carbonyl (C=O) groups excluding carboxylic acids is 1. The second-order valence-electron chi connectivity index (χ2n) is 5.71. The molecule has 5 nitrogen and oxygen atoms in total. The largest absolute Gasteiger partial charge is 0.338 e.